The molecule has 2 N–H and O–H groups in total. The van der Waals surface area contributed by atoms with Crippen molar-refractivity contribution >= 4 is 17.8 Å². The summed E-state index contributed by atoms with van der Waals surface area (Å²) in [4.78, 5) is 42.6. The van der Waals surface area contributed by atoms with Gasteiger partial charge in [-0.05, 0) is 29.7 Å². The first-order valence-electron chi connectivity index (χ1n) is 11.7. The Bertz CT molecular complexity index is 1240. The molecule has 0 bridgehead atoms. The minimum absolute atomic E-state index is 0.00244. The summed E-state index contributed by atoms with van der Waals surface area (Å²) in [6.07, 6.45) is -1.77. The lowest BCUT2D eigenvalue weighted by Gasteiger charge is -2.33. The van der Waals surface area contributed by atoms with Crippen molar-refractivity contribution < 1.29 is 32.0 Å². The van der Waals surface area contributed by atoms with Crippen molar-refractivity contribution in [3.63, 3.8) is 0 Å². The molecule has 11 heteroatoms. The van der Waals surface area contributed by atoms with Gasteiger partial charge in [-0.25, -0.2) is 4.79 Å². The van der Waals surface area contributed by atoms with Gasteiger partial charge in [0.2, 0.25) is 5.91 Å². The molecule has 8 nitrogen and oxygen atoms in total. The van der Waals surface area contributed by atoms with E-state index in [1.165, 1.54) is 40.3 Å². The molecule has 3 heterocycles. The second kappa shape index (κ2) is 10.2. The average Bonchev–Trinajstić information content (AvgIpc) is 3.47. The van der Waals surface area contributed by atoms with E-state index >= 15 is 0 Å². The van der Waals surface area contributed by atoms with Crippen molar-refractivity contribution in [2.45, 2.75) is 38.7 Å². The number of carbonyl (C=O) groups excluding carboxylic acids is 3. The monoisotopic (exact) mass is 516 g/mol. The van der Waals surface area contributed by atoms with Crippen LogP contribution in [-0.4, -0.2) is 46.8 Å². The fourth-order valence-electron chi connectivity index (χ4n) is 4.80. The number of hydrogen-bond donors (Lipinski definition) is 2. The number of nitrogens with one attached hydrogen (secondary N) is 2. The maximum absolute atomic E-state index is 13.8. The van der Waals surface area contributed by atoms with E-state index in [-0.39, 0.29) is 42.4 Å². The molecule has 0 spiro atoms. The van der Waals surface area contributed by atoms with Crippen LogP contribution in [0.2, 0.25) is 0 Å². The van der Waals surface area contributed by atoms with Crippen LogP contribution in [0, 0.1) is 5.92 Å². The van der Waals surface area contributed by atoms with Crippen LogP contribution in [-0.2, 0) is 22.3 Å². The van der Waals surface area contributed by atoms with Gasteiger partial charge in [0.1, 0.15) is 11.8 Å². The summed E-state index contributed by atoms with van der Waals surface area (Å²) in [6.45, 7) is 7.20. The first kappa shape index (κ1) is 26.1. The molecule has 196 valence electrons. The third-order valence-corrected chi connectivity index (χ3v) is 6.39. The van der Waals surface area contributed by atoms with Gasteiger partial charge in [-0.1, -0.05) is 38.1 Å². The average molecular weight is 517 g/mol. The Balaban J connectivity index is 1.72. The molecule has 2 aromatic rings. The molecule has 0 saturated carbocycles. The highest BCUT2D eigenvalue weighted by Gasteiger charge is 2.49. The van der Waals surface area contributed by atoms with Gasteiger partial charge in [0.25, 0.3) is 5.91 Å². The molecule has 4 amide bonds. The SMILES string of the molecule is C=CCN1C(=O)N[C@@H](c2ccccc2C(F)(F)F)C2=C1CN([C@H](C(=O)NCc1ccco1)C(C)C)C2=O. The van der Waals surface area contributed by atoms with Crippen LogP contribution < -0.4 is 10.6 Å². The van der Waals surface area contributed by atoms with Gasteiger partial charge in [-0.2, -0.15) is 13.2 Å². The Morgan fingerprint density at radius 2 is 1.97 bits per heavy atom. The van der Waals surface area contributed by atoms with Gasteiger partial charge in [0.15, 0.2) is 0 Å². The molecule has 2 aliphatic rings. The van der Waals surface area contributed by atoms with E-state index in [4.69, 9.17) is 4.42 Å². The molecule has 1 aromatic carbocycles. The highest BCUT2D eigenvalue weighted by molar-refractivity contribution is 6.03. The Morgan fingerprint density at radius 1 is 1.24 bits per heavy atom. The number of urea groups is 1. The third kappa shape index (κ3) is 4.98. The first-order valence-corrected chi connectivity index (χ1v) is 11.7. The quantitative estimate of drug-likeness (QED) is 0.519. The van der Waals surface area contributed by atoms with Crippen molar-refractivity contribution in [3.8, 4) is 0 Å². The number of alkyl halides is 3. The highest BCUT2D eigenvalue weighted by Crippen LogP contribution is 2.42. The normalized spacial score (nSPS) is 18.7. The number of furan rings is 1. The number of rotatable bonds is 8. The predicted molar refractivity (Wildman–Crippen MR) is 128 cm³/mol. The summed E-state index contributed by atoms with van der Waals surface area (Å²) in [5.74, 6) is -0.865. The van der Waals surface area contributed by atoms with Gasteiger partial charge in [0, 0.05) is 6.54 Å². The number of halogens is 3. The Morgan fingerprint density at radius 3 is 2.59 bits per heavy atom. The van der Waals surface area contributed by atoms with E-state index < -0.39 is 41.7 Å². The Hall–Kier alpha value is -4.02. The van der Waals surface area contributed by atoms with Crippen LogP contribution in [0.3, 0.4) is 0 Å². The minimum Gasteiger partial charge on any atom is -0.467 e. The lowest BCUT2D eigenvalue weighted by Crippen LogP contribution is -2.51. The topological polar surface area (TPSA) is 94.9 Å². The molecule has 4 rings (SSSR count). The predicted octanol–water partition coefficient (Wildman–Crippen LogP) is 3.99. The fraction of sp³-hybridized carbons (Fsp3) is 0.346. The van der Waals surface area contributed by atoms with E-state index in [1.54, 1.807) is 26.0 Å². The zero-order valence-corrected chi connectivity index (χ0v) is 20.3. The van der Waals surface area contributed by atoms with Crippen LogP contribution in [0.15, 0.2) is 71.0 Å². The molecule has 2 atom stereocenters. The van der Waals surface area contributed by atoms with Crippen molar-refractivity contribution in [1.29, 1.82) is 0 Å². The van der Waals surface area contributed by atoms with Crippen LogP contribution in [0.5, 0.6) is 0 Å². The zero-order chi connectivity index (χ0) is 26.9. The standard InChI is InChI=1S/C26H27F3N4O4/c1-4-11-32-19-14-33(22(15(2)3)23(34)30-13-16-8-7-12-37-16)24(35)20(19)21(31-25(32)36)17-9-5-6-10-18(17)26(27,28)29/h4-10,12,15,21-22H,1,11,13-14H2,2-3H3,(H,30,34)(H,31,36)/t21-,22-/m0/s1. The molecule has 0 unspecified atom stereocenters. The van der Waals surface area contributed by atoms with Crippen LogP contribution in [0.4, 0.5) is 18.0 Å². The molecule has 1 aromatic heterocycles. The number of benzene rings is 1. The van der Waals surface area contributed by atoms with E-state index in [9.17, 15) is 27.6 Å². The first-order chi connectivity index (χ1) is 17.5. The molecule has 0 radical (unpaired) electrons. The largest absolute Gasteiger partial charge is 0.467 e. The van der Waals surface area contributed by atoms with Gasteiger partial charge >= 0.3 is 12.2 Å². The second-order valence-electron chi connectivity index (χ2n) is 9.15. The summed E-state index contributed by atoms with van der Waals surface area (Å²) < 4.78 is 46.8. The molecular weight excluding hydrogens is 489 g/mol. The van der Waals surface area contributed by atoms with E-state index in [1.807, 2.05) is 0 Å². The fourth-order valence-corrected chi connectivity index (χ4v) is 4.80. The summed E-state index contributed by atoms with van der Waals surface area (Å²) >= 11 is 0. The van der Waals surface area contributed by atoms with Crippen molar-refractivity contribution in [2.24, 2.45) is 5.92 Å². The van der Waals surface area contributed by atoms with Gasteiger partial charge in [0.05, 0.1) is 42.2 Å². The summed E-state index contributed by atoms with van der Waals surface area (Å²) in [6, 6.07) is 5.27. The van der Waals surface area contributed by atoms with Crippen molar-refractivity contribution in [3.05, 3.63) is 83.5 Å². The maximum atomic E-state index is 13.8. The van der Waals surface area contributed by atoms with Crippen LogP contribution >= 0.6 is 0 Å². The number of hydrogen-bond acceptors (Lipinski definition) is 4. The summed E-state index contributed by atoms with van der Waals surface area (Å²) in [5, 5.41) is 5.32. The number of carbonyl (C=O) groups is 3. The lowest BCUT2D eigenvalue weighted by atomic mass is 9.91. The smallest absolute Gasteiger partial charge is 0.416 e. The molecule has 0 fully saturated rings. The van der Waals surface area contributed by atoms with Gasteiger partial charge in [-0.15, -0.1) is 6.58 Å². The summed E-state index contributed by atoms with van der Waals surface area (Å²) in [5.41, 5.74) is -0.942. The van der Waals surface area contributed by atoms with Crippen LogP contribution in [0.1, 0.15) is 36.8 Å². The number of nitrogens with zero attached hydrogens (tertiary/aromatic N) is 2. The Labute approximate surface area is 211 Å². The minimum atomic E-state index is -4.70. The van der Waals surface area contributed by atoms with Crippen molar-refractivity contribution in [1.82, 2.24) is 20.4 Å². The van der Waals surface area contributed by atoms with Gasteiger partial charge < -0.3 is 20.0 Å². The van der Waals surface area contributed by atoms with Crippen molar-refractivity contribution in [2.75, 3.05) is 13.1 Å². The number of amides is 4. The van der Waals surface area contributed by atoms with Gasteiger partial charge in [-0.3, -0.25) is 14.5 Å². The molecule has 0 aliphatic carbocycles. The highest BCUT2D eigenvalue weighted by atomic mass is 19.4. The van der Waals surface area contributed by atoms with E-state index in [0.29, 0.717) is 5.76 Å². The Kier molecular flexibility index (Phi) is 7.15. The summed E-state index contributed by atoms with van der Waals surface area (Å²) in [7, 11) is 0. The van der Waals surface area contributed by atoms with E-state index in [0.717, 1.165) is 6.07 Å². The molecule has 37 heavy (non-hydrogen) atoms. The molecular formula is C26H27F3N4O4. The maximum Gasteiger partial charge on any atom is 0.416 e. The third-order valence-electron chi connectivity index (χ3n) is 6.39. The lowest BCUT2D eigenvalue weighted by molar-refractivity contribution is -0.139. The van der Waals surface area contributed by atoms with E-state index in [2.05, 4.69) is 17.2 Å². The zero-order valence-electron chi connectivity index (χ0n) is 20.3. The van der Waals surface area contributed by atoms with Crippen LogP contribution in [0.25, 0.3) is 0 Å². The second-order valence-corrected chi connectivity index (χ2v) is 9.15. The molecule has 2 aliphatic heterocycles. The molecule has 0 saturated heterocycles.